The predicted molar refractivity (Wildman–Crippen MR) is 239 cm³/mol. The van der Waals surface area contributed by atoms with Crippen molar-refractivity contribution in [2.24, 2.45) is 39.7 Å². The van der Waals surface area contributed by atoms with Crippen LogP contribution in [-0.2, 0) is 37.8 Å². The summed E-state index contributed by atoms with van der Waals surface area (Å²) < 4.78 is 6.35. The summed E-state index contributed by atoms with van der Waals surface area (Å²) in [6.07, 6.45) is 11.3. The van der Waals surface area contributed by atoms with Crippen molar-refractivity contribution in [3.63, 3.8) is 0 Å². The number of aromatic nitrogens is 4. The Balaban J connectivity index is 0.00000641. The maximum atomic E-state index is 13.0. The van der Waals surface area contributed by atoms with Crippen LogP contribution in [0.4, 0.5) is 22.7 Å². The van der Waals surface area contributed by atoms with Gasteiger partial charge < -0.3 is 61.6 Å². The van der Waals surface area contributed by atoms with E-state index in [4.69, 9.17) is 22.3 Å². The number of halogens is 2. The summed E-state index contributed by atoms with van der Waals surface area (Å²) >= 11 is 0. The van der Waals surface area contributed by atoms with Gasteiger partial charge in [-0.25, -0.2) is 0 Å². The highest BCUT2D eigenvalue weighted by atomic mass is 35.5. The lowest BCUT2D eigenvalue weighted by molar-refractivity contribution is -0.117. The van der Waals surface area contributed by atoms with Gasteiger partial charge in [0.15, 0.2) is 0 Å². The van der Waals surface area contributed by atoms with Crippen LogP contribution in [0.25, 0.3) is 0 Å². The van der Waals surface area contributed by atoms with E-state index in [9.17, 15) is 28.8 Å². The Morgan fingerprint density at radius 2 is 0.738 bits per heavy atom. The molecule has 0 radical (unpaired) electrons. The third kappa shape index (κ3) is 15.5. The van der Waals surface area contributed by atoms with E-state index in [2.05, 4.69) is 31.9 Å². The molecule has 4 rings (SSSR count). The minimum absolute atomic E-state index is 0. The smallest absolute Gasteiger partial charge is 0.272 e. The van der Waals surface area contributed by atoms with Crippen LogP contribution in [0, 0.1) is 10.8 Å². The molecule has 20 nitrogen and oxygen atoms in total. The minimum atomic E-state index is -0.418. The van der Waals surface area contributed by atoms with Crippen LogP contribution in [0.2, 0.25) is 0 Å². The zero-order valence-corrected chi connectivity index (χ0v) is 36.2. The minimum Gasteiger partial charge on any atom is -0.388 e. The number of nitrogens with zero attached hydrogens (tertiary/aromatic N) is 4. The highest BCUT2D eigenvalue weighted by molar-refractivity contribution is 6.06. The SMILES string of the molecule is Cl.Cl.Cn1cc(NC(=O)c2cc(NC(=O)CCCCCCCC(=O)Nc3cc(C(=O)Nc4cc(C(=O)NCCC(=N)N)n(C)c4)n(C)c3)cn2C)cc1C(=O)NCCC(=N)N. The maximum absolute atomic E-state index is 13.0. The summed E-state index contributed by atoms with van der Waals surface area (Å²) in [4.78, 5) is 76.2. The average Bonchev–Trinajstić information content (AvgIpc) is 3.92. The first-order chi connectivity index (χ1) is 28.0. The zero-order valence-electron chi connectivity index (χ0n) is 34.6. The number of unbranched alkanes of at least 4 members (excludes halogenated alkanes) is 4. The molecule has 0 saturated carbocycles. The Kier molecular flexibility index (Phi) is 19.8. The molecule has 12 N–H and O–H groups in total. The first kappa shape index (κ1) is 50.6. The fourth-order valence-electron chi connectivity index (χ4n) is 6.18. The number of hydrogen-bond donors (Lipinski definition) is 10. The first-order valence-electron chi connectivity index (χ1n) is 19.1. The Labute approximate surface area is 365 Å². The van der Waals surface area contributed by atoms with E-state index in [1.165, 1.54) is 0 Å². The lowest BCUT2D eigenvalue weighted by Gasteiger charge is -2.04. The Morgan fingerprint density at radius 3 is 1.05 bits per heavy atom. The second kappa shape index (κ2) is 23.9. The van der Waals surface area contributed by atoms with E-state index in [1.54, 1.807) is 95.5 Å². The molecular weight excluding hydrogens is 831 g/mol. The largest absolute Gasteiger partial charge is 0.388 e. The fourth-order valence-corrected chi connectivity index (χ4v) is 6.18. The Bertz CT molecular complexity index is 2070. The quantitative estimate of drug-likeness (QED) is 0.0314. The van der Waals surface area contributed by atoms with Crippen molar-refractivity contribution < 1.29 is 28.8 Å². The molecule has 4 aromatic heterocycles. The highest BCUT2D eigenvalue weighted by Gasteiger charge is 2.19. The third-order valence-electron chi connectivity index (χ3n) is 9.20. The van der Waals surface area contributed by atoms with Gasteiger partial charge in [0.05, 0.1) is 34.4 Å². The monoisotopic (exact) mass is 886 g/mol. The number of rotatable bonds is 22. The van der Waals surface area contributed by atoms with Crippen LogP contribution in [0.15, 0.2) is 49.1 Å². The van der Waals surface area contributed by atoms with Gasteiger partial charge in [0.2, 0.25) is 11.8 Å². The number of hydrogen-bond acceptors (Lipinski definition) is 8. The van der Waals surface area contributed by atoms with Gasteiger partial charge in [-0.3, -0.25) is 39.6 Å². The molecule has 0 spiro atoms. The summed E-state index contributed by atoms with van der Waals surface area (Å²) in [7, 11) is 6.73. The number of amidine groups is 2. The van der Waals surface area contributed by atoms with Gasteiger partial charge in [-0.05, 0) is 37.1 Å². The van der Waals surface area contributed by atoms with Gasteiger partial charge >= 0.3 is 0 Å². The molecule has 6 amide bonds. The first-order valence-corrected chi connectivity index (χ1v) is 19.1. The average molecular weight is 888 g/mol. The summed E-state index contributed by atoms with van der Waals surface area (Å²) in [5.74, 6) is -1.98. The van der Waals surface area contributed by atoms with Gasteiger partial charge in [0.25, 0.3) is 23.6 Å². The van der Waals surface area contributed by atoms with Crippen molar-refractivity contribution in [3.8, 4) is 0 Å². The van der Waals surface area contributed by atoms with Gasteiger partial charge in [0, 0.05) is 91.8 Å². The van der Waals surface area contributed by atoms with Crippen molar-refractivity contribution in [2.45, 2.75) is 57.8 Å². The summed E-state index contributed by atoms with van der Waals surface area (Å²) in [6.45, 7) is 0.444. The molecular formula is C39H56Cl2N14O6. The molecule has 0 aliphatic carbocycles. The zero-order chi connectivity index (χ0) is 43.2. The number of nitrogens with two attached hydrogens (primary N) is 2. The van der Waals surface area contributed by atoms with E-state index < -0.39 is 11.8 Å². The van der Waals surface area contributed by atoms with Crippen LogP contribution < -0.4 is 43.4 Å². The van der Waals surface area contributed by atoms with E-state index in [0.717, 1.165) is 19.3 Å². The van der Waals surface area contributed by atoms with Gasteiger partial charge in [-0.1, -0.05) is 19.3 Å². The van der Waals surface area contributed by atoms with Crippen LogP contribution in [0.1, 0.15) is 99.7 Å². The Morgan fingerprint density at radius 1 is 0.459 bits per heavy atom. The summed E-state index contributed by atoms with van der Waals surface area (Å²) in [5.41, 5.74) is 13.7. The topological polar surface area (TPSA) is 294 Å². The van der Waals surface area contributed by atoms with Crippen molar-refractivity contribution in [1.29, 1.82) is 10.8 Å². The molecule has 22 heteroatoms. The molecule has 0 saturated heterocycles. The van der Waals surface area contributed by atoms with Crippen molar-refractivity contribution in [3.05, 3.63) is 71.8 Å². The summed E-state index contributed by atoms with van der Waals surface area (Å²) in [5, 5.41) is 31.1. The maximum Gasteiger partial charge on any atom is 0.272 e. The molecule has 4 aromatic rings. The number of anilines is 4. The third-order valence-corrected chi connectivity index (χ3v) is 9.20. The normalized spacial score (nSPS) is 10.4. The molecule has 0 aliphatic heterocycles. The van der Waals surface area contributed by atoms with Gasteiger partial charge in [0.1, 0.15) is 22.8 Å². The molecule has 332 valence electrons. The number of amides is 6. The molecule has 0 unspecified atom stereocenters. The molecule has 0 aromatic carbocycles. The lowest BCUT2D eigenvalue weighted by Crippen LogP contribution is -2.28. The van der Waals surface area contributed by atoms with Gasteiger partial charge in [-0.2, -0.15) is 0 Å². The molecule has 0 fully saturated rings. The van der Waals surface area contributed by atoms with E-state index in [0.29, 0.717) is 71.2 Å². The van der Waals surface area contributed by atoms with Crippen molar-refractivity contribution in [1.82, 2.24) is 28.9 Å². The van der Waals surface area contributed by atoms with Crippen molar-refractivity contribution in [2.75, 3.05) is 34.4 Å². The van der Waals surface area contributed by atoms with E-state index >= 15 is 0 Å². The van der Waals surface area contributed by atoms with E-state index in [1.807, 2.05) is 0 Å². The number of nitrogens with one attached hydrogen (secondary N) is 8. The molecule has 0 bridgehead atoms. The van der Waals surface area contributed by atoms with Crippen LogP contribution in [-0.4, -0.2) is 78.5 Å². The summed E-state index contributed by atoms with van der Waals surface area (Å²) in [6, 6.07) is 6.24. The molecule has 4 heterocycles. The number of carbonyl (C=O) groups excluding carboxylic acids is 6. The fraction of sp³-hybridized carbons (Fsp3) is 0.385. The molecule has 0 atom stereocenters. The highest BCUT2D eigenvalue weighted by Crippen LogP contribution is 2.20. The van der Waals surface area contributed by atoms with Crippen LogP contribution in [0.3, 0.4) is 0 Å². The van der Waals surface area contributed by atoms with Gasteiger partial charge in [-0.15, -0.1) is 24.8 Å². The molecule has 0 aliphatic rings. The number of carbonyl (C=O) groups is 6. The van der Waals surface area contributed by atoms with Crippen molar-refractivity contribution >= 4 is 94.7 Å². The van der Waals surface area contributed by atoms with Crippen LogP contribution in [0.5, 0.6) is 0 Å². The second-order valence-corrected chi connectivity index (χ2v) is 14.2. The van der Waals surface area contributed by atoms with E-state index in [-0.39, 0.29) is 86.0 Å². The second-order valence-electron chi connectivity index (χ2n) is 14.2. The molecule has 61 heavy (non-hydrogen) atoms. The standard InChI is InChI=1S/C39H54N14O6.2ClH/c1-50-22-26(18-28(50)36(56)44-14-12-32(40)41)48-38(58)30-16-24(20-52(30)3)46-34(54)10-8-6-5-7-9-11-35(55)47-25-17-31(53(4)21-25)39(59)49-27-19-29(51(2)23-27)37(57)45-15-13-33(42)43;;/h16-23H,5-15H2,1-4H3,(H3,40,41)(H3,42,43)(H,44,56)(H,45,57)(H,46,54)(H,47,55)(H,48,58)(H,49,59);2*1H. The van der Waals surface area contributed by atoms with Crippen LogP contribution >= 0.6 is 24.8 Å². The number of aryl methyl sites for hydroxylation is 4. The lowest BCUT2D eigenvalue weighted by atomic mass is 10.1. The predicted octanol–water partition coefficient (Wildman–Crippen LogP) is 3.81. The Hall–Kier alpha value is -6.54.